The smallest absolute Gasteiger partial charge is 0.0440 e. The molecule has 1 aliphatic carbocycles. The molecular weight excluding hydrogens is 621 g/mol. The van der Waals surface area contributed by atoms with Gasteiger partial charge in [0.25, 0.3) is 0 Å². The van der Waals surface area contributed by atoms with Gasteiger partial charge < -0.3 is 0 Å². The fraction of sp³-hybridized carbons (Fsp3) is 0.0204. The van der Waals surface area contributed by atoms with Crippen molar-refractivity contribution in [1.29, 1.82) is 0 Å². The molecule has 234 valence electrons. The Morgan fingerprint density at radius 1 is 0.460 bits per heavy atom. The molecule has 0 spiro atoms. The summed E-state index contributed by atoms with van der Waals surface area (Å²) < 4.78 is 2.71. The van der Waals surface area contributed by atoms with Crippen molar-refractivity contribution < 1.29 is 0 Å². The van der Waals surface area contributed by atoms with Gasteiger partial charge in [0.1, 0.15) is 0 Å². The SMILES string of the molecule is C=C1/C=C\C=C/Cc2ccccc2-c2ccc(-c3ccc4cc(-c5ccc6ccc7ccc8c9ccccc9sc8c7c6c5)ccc4c3)cc21. The van der Waals surface area contributed by atoms with Crippen molar-refractivity contribution in [3.8, 4) is 33.4 Å². The number of hydrogen-bond donors (Lipinski definition) is 0. The maximum Gasteiger partial charge on any atom is 0.0440 e. The number of hydrogen-bond acceptors (Lipinski definition) is 1. The lowest BCUT2D eigenvalue weighted by Gasteiger charge is -2.16. The van der Waals surface area contributed by atoms with Crippen LogP contribution in [0.4, 0.5) is 0 Å². The van der Waals surface area contributed by atoms with Crippen LogP contribution in [0.15, 0.2) is 176 Å². The molecule has 0 bridgehead atoms. The van der Waals surface area contributed by atoms with Gasteiger partial charge in [-0.1, -0.05) is 146 Å². The summed E-state index contributed by atoms with van der Waals surface area (Å²) in [4.78, 5) is 0. The highest BCUT2D eigenvalue weighted by Gasteiger charge is 2.15. The number of thiophene rings is 1. The largest absolute Gasteiger partial charge is 0.135 e. The van der Waals surface area contributed by atoms with Crippen LogP contribution in [-0.2, 0) is 6.42 Å². The number of fused-ring (bicyclic) bond motifs is 11. The van der Waals surface area contributed by atoms with Crippen LogP contribution < -0.4 is 0 Å². The summed E-state index contributed by atoms with van der Waals surface area (Å²) in [6, 6.07) is 54.1. The molecule has 8 aromatic carbocycles. The Balaban J connectivity index is 1.06. The first-order valence-corrected chi connectivity index (χ1v) is 18.1. The molecule has 0 amide bonds. The Morgan fingerprint density at radius 2 is 1.12 bits per heavy atom. The first-order chi connectivity index (χ1) is 24.7. The molecule has 1 heteroatoms. The van der Waals surface area contributed by atoms with Crippen LogP contribution in [-0.4, -0.2) is 0 Å². The van der Waals surface area contributed by atoms with Gasteiger partial charge in [0.15, 0.2) is 0 Å². The predicted molar refractivity (Wildman–Crippen MR) is 219 cm³/mol. The first kappa shape index (κ1) is 28.9. The topological polar surface area (TPSA) is 0 Å². The molecule has 1 aromatic heterocycles. The molecule has 0 unspecified atom stereocenters. The lowest BCUT2D eigenvalue weighted by molar-refractivity contribution is 1.27. The molecule has 1 aliphatic rings. The minimum absolute atomic E-state index is 0.909. The van der Waals surface area contributed by atoms with Crippen molar-refractivity contribution in [2.45, 2.75) is 6.42 Å². The Labute approximate surface area is 295 Å². The lowest BCUT2D eigenvalue weighted by atomic mass is 9.88. The van der Waals surface area contributed by atoms with Crippen molar-refractivity contribution in [3.05, 3.63) is 188 Å². The van der Waals surface area contributed by atoms with Crippen LogP contribution in [0.3, 0.4) is 0 Å². The summed E-state index contributed by atoms with van der Waals surface area (Å²) in [5, 5.41) is 10.4. The van der Waals surface area contributed by atoms with Crippen LogP contribution in [0.25, 0.3) is 91.4 Å². The third-order valence-electron chi connectivity index (χ3n) is 10.4. The van der Waals surface area contributed by atoms with Crippen LogP contribution in [0.5, 0.6) is 0 Å². The van der Waals surface area contributed by atoms with E-state index in [1.54, 1.807) is 0 Å². The van der Waals surface area contributed by atoms with Gasteiger partial charge in [0, 0.05) is 25.6 Å². The fourth-order valence-corrected chi connectivity index (χ4v) is 9.10. The summed E-state index contributed by atoms with van der Waals surface area (Å²) in [5.74, 6) is 0. The average Bonchev–Trinajstić information content (AvgIpc) is 3.56. The summed E-state index contributed by atoms with van der Waals surface area (Å²) in [6.07, 6.45) is 9.47. The van der Waals surface area contributed by atoms with E-state index in [0.29, 0.717) is 0 Å². The predicted octanol–water partition coefficient (Wildman–Crippen LogP) is 14.2. The normalized spacial score (nSPS) is 14.3. The molecule has 0 nitrogen and oxygen atoms in total. The van der Waals surface area contributed by atoms with Crippen LogP contribution in [0, 0.1) is 0 Å². The molecule has 10 rings (SSSR count). The van der Waals surface area contributed by atoms with Gasteiger partial charge in [-0.25, -0.2) is 0 Å². The Morgan fingerprint density at radius 3 is 1.98 bits per heavy atom. The van der Waals surface area contributed by atoms with Gasteiger partial charge >= 0.3 is 0 Å². The van der Waals surface area contributed by atoms with E-state index in [1.165, 1.54) is 97.0 Å². The van der Waals surface area contributed by atoms with E-state index in [-0.39, 0.29) is 0 Å². The summed E-state index contributed by atoms with van der Waals surface area (Å²) in [7, 11) is 0. The third-order valence-corrected chi connectivity index (χ3v) is 11.6. The summed E-state index contributed by atoms with van der Waals surface area (Å²) >= 11 is 1.91. The van der Waals surface area contributed by atoms with Crippen LogP contribution in [0.2, 0.25) is 0 Å². The van der Waals surface area contributed by atoms with E-state index < -0.39 is 0 Å². The average molecular weight is 653 g/mol. The van der Waals surface area contributed by atoms with Crippen molar-refractivity contribution in [1.82, 2.24) is 0 Å². The molecule has 0 saturated heterocycles. The highest BCUT2D eigenvalue weighted by atomic mass is 32.1. The van der Waals surface area contributed by atoms with E-state index in [0.717, 1.165) is 12.0 Å². The highest BCUT2D eigenvalue weighted by Crippen LogP contribution is 2.42. The minimum Gasteiger partial charge on any atom is -0.135 e. The van der Waals surface area contributed by atoms with Crippen molar-refractivity contribution >= 4 is 69.4 Å². The molecule has 9 aromatic rings. The molecule has 0 N–H and O–H groups in total. The minimum atomic E-state index is 0.909. The fourth-order valence-electron chi connectivity index (χ4n) is 7.82. The first-order valence-electron chi connectivity index (χ1n) is 17.2. The standard InChI is InChI=1S/C49H32S/c1-31-9-3-2-4-10-32-11-5-6-12-41(32)42-25-24-40(29-45(31)42)38-22-20-35-27-37(21-19-36(35)28-38)39-18-16-33-15-17-34-23-26-44-43-13-7-8-14-47(43)50-49(44)48(34)46(33)30-39/h2-9,11-30H,1,10H2/b4-2-,9-3-. The quantitative estimate of drug-likeness (QED) is 0.163. The molecule has 50 heavy (non-hydrogen) atoms. The summed E-state index contributed by atoms with van der Waals surface area (Å²) in [6.45, 7) is 4.47. The molecule has 0 radical (unpaired) electrons. The molecular formula is C49H32S. The molecule has 1 heterocycles. The van der Waals surface area contributed by atoms with Gasteiger partial charge in [-0.2, -0.15) is 0 Å². The Bertz CT molecular complexity index is 2910. The van der Waals surface area contributed by atoms with Gasteiger partial charge in [-0.15, -0.1) is 11.3 Å². The molecule has 0 atom stereocenters. The maximum atomic E-state index is 4.47. The van der Waals surface area contributed by atoms with Crippen LogP contribution in [0.1, 0.15) is 11.1 Å². The number of rotatable bonds is 2. The van der Waals surface area contributed by atoms with Crippen molar-refractivity contribution in [3.63, 3.8) is 0 Å². The summed E-state index contributed by atoms with van der Waals surface area (Å²) in [5.41, 5.74) is 10.9. The van der Waals surface area contributed by atoms with E-state index in [1.807, 2.05) is 11.3 Å². The van der Waals surface area contributed by atoms with Crippen LogP contribution >= 0.6 is 11.3 Å². The van der Waals surface area contributed by atoms with Gasteiger partial charge in [-0.3, -0.25) is 0 Å². The van der Waals surface area contributed by atoms with Gasteiger partial charge in [0.2, 0.25) is 0 Å². The van der Waals surface area contributed by atoms with E-state index >= 15 is 0 Å². The van der Waals surface area contributed by atoms with E-state index in [4.69, 9.17) is 0 Å². The Hall–Kier alpha value is -6.02. The van der Waals surface area contributed by atoms with E-state index in [9.17, 15) is 0 Å². The highest BCUT2D eigenvalue weighted by molar-refractivity contribution is 7.26. The van der Waals surface area contributed by atoms with E-state index in [2.05, 4.69) is 176 Å². The second kappa shape index (κ2) is 11.6. The number of allylic oxidation sites excluding steroid dienone is 5. The monoisotopic (exact) mass is 652 g/mol. The second-order valence-electron chi connectivity index (χ2n) is 13.4. The van der Waals surface area contributed by atoms with Gasteiger partial charge in [-0.05, 0) is 114 Å². The zero-order valence-corrected chi connectivity index (χ0v) is 28.3. The van der Waals surface area contributed by atoms with Gasteiger partial charge in [0.05, 0.1) is 0 Å². The molecule has 0 saturated carbocycles. The van der Waals surface area contributed by atoms with Crippen molar-refractivity contribution in [2.24, 2.45) is 0 Å². The lowest BCUT2D eigenvalue weighted by Crippen LogP contribution is -1.94. The molecule has 0 aliphatic heterocycles. The third kappa shape index (κ3) is 4.74. The molecule has 0 fully saturated rings. The second-order valence-corrected chi connectivity index (χ2v) is 14.4. The van der Waals surface area contributed by atoms with Crippen molar-refractivity contribution in [2.75, 3.05) is 0 Å². The Kier molecular flexibility index (Phi) is 6.69. The zero-order valence-electron chi connectivity index (χ0n) is 27.5. The zero-order chi connectivity index (χ0) is 33.2. The number of benzene rings is 8. The maximum absolute atomic E-state index is 4.47.